The molecule has 1 atom stereocenters. The van der Waals surface area contributed by atoms with Gasteiger partial charge in [0.2, 0.25) is 0 Å². The van der Waals surface area contributed by atoms with E-state index >= 15 is 0 Å². The number of carbonyl (C=O) groups is 1. The lowest BCUT2D eigenvalue weighted by molar-refractivity contribution is 0.0821. The van der Waals surface area contributed by atoms with Crippen molar-refractivity contribution in [2.24, 2.45) is 0 Å². The van der Waals surface area contributed by atoms with Crippen molar-refractivity contribution in [1.29, 1.82) is 0 Å². The van der Waals surface area contributed by atoms with Crippen LogP contribution in [0.5, 0.6) is 0 Å². The van der Waals surface area contributed by atoms with Crippen LogP contribution in [0.25, 0.3) is 0 Å². The minimum Gasteiger partial charge on any atom is -0.375 e. The highest BCUT2D eigenvalue weighted by Gasteiger charge is 2.29. The third kappa shape index (κ3) is 3.48. The first-order chi connectivity index (χ1) is 10.7. The lowest BCUT2D eigenvalue weighted by Gasteiger charge is -2.16. The number of amides is 1. The summed E-state index contributed by atoms with van der Waals surface area (Å²) in [5.41, 5.74) is 1.26. The summed E-state index contributed by atoms with van der Waals surface area (Å²) in [7, 11) is 1.60. The lowest BCUT2D eigenvalue weighted by Crippen LogP contribution is -2.29. The second-order valence-corrected chi connectivity index (χ2v) is 5.81. The second kappa shape index (κ2) is 6.50. The monoisotopic (exact) mass is 320 g/mol. The van der Waals surface area contributed by atoms with Crippen molar-refractivity contribution in [1.82, 2.24) is 10.5 Å². The minimum atomic E-state index is -0.258. The predicted octanol–water partition coefficient (Wildman–Crippen LogP) is 3.32. The van der Waals surface area contributed by atoms with Gasteiger partial charge in [0.1, 0.15) is 5.76 Å². The van der Waals surface area contributed by atoms with Gasteiger partial charge in [-0.25, -0.2) is 0 Å². The molecule has 1 aliphatic rings. The Bertz CT molecular complexity index is 650. The molecular weight excluding hydrogens is 304 g/mol. The summed E-state index contributed by atoms with van der Waals surface area (Å²) in [5, 5.41) is 7.30. The average Bonchev–Trinajstić information content (AvgIpc) is 3.26. The van der Waals surface area contributed by atoms with E-state index in [9.17, 15) is 4.79 Å². The summed E-state index contributed by atoms with van der Waals surface area (Å²) < 4.78 is 10.6. The highest BCUT2D eigenvalue weighted by atomic mass is 35.5. The van der Waals surface area contributed by atoms with Gasteiger partial charge in [0.15, 0.2) is 5.69 Å². The number of methoxy groups -OCH3 is 1. The standard InChI is InChI=1S/C16H17ClN2O3/c1-21-15(11-4-6-12(17)7-5-11)9-18-16(20)13-8-14(22-19-13)10-2-3-10/h4-8,10,15H,2-3,9H2,1H3,(H,18,20)/t15-/m1/s1. The molecule has 0 unspecified atom stereocenters. The summed E-state index contributed by atoms with van der Waals surface area (Å²) in [6, 6.07) is 9.07. The summed E-state index contributed by atoms with van der Waals surface area (Å²) in [6.07, 6.45) is 1.98. The molecule has 3 rings (SSSR count). The fourth-order valence-corrected chi connectivity index (χ4v) is 2.37. The molecule has 2 aromatic rings. The van der Waals surface area contributed by atoms with Crippen molar-refractivity contribution in [2.45, 2.75) is 24.9 Å². The minimum absolute atomic E-state index is 0.240. The molecule has 1 N–H and O–H groups in total. The van der Waals surface area contributed by atoms with E-state index in [2.05, 4.69) is 10.5 Å². The largest absolute Gasteiger partial charge is 0.375 e. The normalized spacial score (nSPS) is 15.5. The van der Waals surface area contributed by atoms with E-state index in [4.69, 9.17) is 20.9 Å². The summed E-state index contributed by atoms with van der Waals surface area (Å²) in [6.45, 7) is 0.350. The Kier molecular flexibility index (Phi) is 4.45. The third-order valence-corrected chi connectivity index (χ3v) is 3.97. The predicted molar refractivity (Wildman–Crippen MR) is 82.0 cm³/mol. The summed E-state index contributed by atoms with van der Waals surface area (Å²) in [5.74, 6) is 0.979. The van der Waals surface area contributed by atoms with Crippen LogP contribution in [0.1, 0.15) is 46.7 Å². The number of nitrogens with one attached hydrogen (secondary N) is 1. The van der Waals surface area contributed by atoms with Crippen LogP contribution in [-0.2, 0) is 4.74 Å². The van der Waals surface area contributed by atoms with Gasteiger partial charge in [-0.2, -0.15) is 0 Å². The van der Waals surface area contributed by atoms with E-state index in [1.54, 1.807) is 25.3 Å². The first-order valence-corrected chi connectivity index (χ1v) is 7.58. The molecule has 5 nitrogen and oxygen atoms in total. The first-order valence-electron chi connectivity index (χ1n) is 7.20. The van der Waals surface area contributed by atoms with Crippen molar-refractivity contribution >= 4 is 17.5 Å². The number of aromatic nitrogens is 1. The molecule has 0 spiro atoms. The van der Waals surface area contributed by atoms with Crippen molar-refractivity contribution in [3.05, 3.63) is 52.4 Å². The quantitative estimate of drug-likeness (QED) is 0.886. The molecule has 116 valence electrons. The van der Waals surface area contributed by atoms with Crippen LogP contribution in [0.2, 0.25) is 5.02 Å². The molecule has 0 radical (unpaired) electrons. The van der Waals surface area contributed by atoms with Crippen LogP contribution >= 0.6 is 11.6 Å². The number of hydrogen-bond donors (Lipinski definition) is 1. The number of carbonyl (C=O) groups excluding carboxylic acids is 1. The Morgan fingerprint density at radius 1 is 1.45 bits per heavy atom. The Hall–Kier alpha value is -1.85. The van der Waals surface area contributed by atoms with E-state index in [1.165, 1.54) is 0 Å². The lowest BCUT2D eigenvalue weighted by atomic mass is 10.1. The molecule has 0 aliphatic heterocycles. The molecule has 1 fully saturated rings. The van der Waals surface area contributed by atoms with E-state index in [-0.39, 0.29) is 12.0 Å². The topological polar surface area (TPSA) is 64.4 Å². The highest BCUT2D eigenvalue weighted by molar-refractivity contribution is 6.30. The highest BCUT2D eigenvalue weighted by Crippen LogP contribution is 2.40. The molecule has 6 heteroatoms. The van der Waals surface area contributed by atoms with Gasteiger partial charge in [-0.1, -0.05) is 28.9 Å². The molecule has 1 heterocycles. The second-order valence-electron chi connectivity index (χ2n) is 5.37. The van der Waals surface area contributed by atoms with Crippen LogP contribution in [0, 0.1) is 0 Å². The molecule has 1 saturated carbocycles. The fourth-order valence-electron chi connectivity index (χ4n) is 2.25. The third-order valence-electron chi connectivity index (χ3n) is 3.72. The number of benzene rings is 1. The van der Waals surface area contributed by atoms with Crippen molar-refractivity contribution in [3.63, 3.8) is 0 Å². The molecule has 1 aromatic carbocycles. The molecule has 1 aromatic heterocycles. The van der Waals surface area contributed by atoms with E-state index < -0.39 is 0 Å². The van der Waals surface area contributed by atoms with E-state index in [1.807, 2.05) is 12.1 Å². The zero-order valence-corrected chi connectivity index (χ0v) is 13.0. The average molecular weight is 321 g/mol. The number of ether oxygens (including phenoxy) is 1. The molecule has 0 saturated heterocycles. The van der Waals surface area contributed by atoms with Gasteiger partial charge in [-0.05, 0) is 30.5 Å². The molecule has 0 bridgehead atoms. The van der Waals surface area contributed by atoms with Crippen molar-refractivity contribution < 1.29 is 14.1 Å². The van der Waals surface area contributed by atoms with Gasteiger partial charge in [-0.3, -0.25) is 4.79 Å². The van der Waals surface area contributed by atoms with E-state index in [0.29, 0.717) is 23.2 Å². The Morgan fingerprint density at radius 2 is 2.18 bits per heavy atom. The fraction of sp³-hybridized carbons (Fsp3) is 0.375. The maximum absolute atomic E-state index is 12.1. The number of halogens is 1. The number of hydrogen-bond acceptors (Lipinski definition) is 4. The zero-order valence-electron chi connectivity index (χ0n) is 12.2. The number of nitrogens with zero attached hydrogens (tertiary/aromatic N) is 1. The van der Waals surface area contributed by atoms with E-state index in [0.717, 1.165) is 24.2 Å². The van der Waals surface area contributed by atoms with Crippen LogP contribution in [-0.4, -0.2) is 24.7 Å². The van der Waals surface area contributed by atoms with Gasteiger partial charge < -0.3 is 14.6 Å². The first kappa shape index (κ1) is 15.1. The van der Waals surface area contributed by atoms with Crippen molar-refractivity contribution in [2.75, 3.05) is 13.7 Å². The van der Waals surface area contributed by atoms with Gasteiger partial charge in [0, 0.05) is 30.7 Å². The molecule has 1 amide bonds. The Labute approximate surface area is 133 Å². The van der Waals surface area contributed by atoms with Gasteiger partial charge in [0.05, 0.1) is 6.10 Å². The van der Waals surface area contributed by atoms with Crippen LogP contribution in [0.3, 0.4) is 0 Å². The Morgan fingerprint density at radius 3 is 2.82 bits per heavy atom. The summed E-state index contributed by atoms with van der Waals surface area (Å²) in [4.78, 5) is 12.1. The van der Waals surface area contributed by atoms with Crippen LogP contribution in [0.4, 0.5) is 0 Å². The Balaban J connectivity index is 1.59. The molecule has 1 aliphatic carbocycles. The SMILES string of the molecule is CO[C@H](CNC(=O)c1cc(C2CC2)on1)c1ccc(Cl)cc1. The number of rotatable bonds is 6. The maximum Gasteiger partial charge on any atom is 0.273 e. The van der Waals surface area contributed by atoms with Crippen LogP contribution < -0.4 is 5.32 Å². The maximum atomic E-state index is 12.1. The molecular formula is C16H17ClN2O3. The summed E-state index contributed by atoms with van der Waals surface area (Å²) >= 11 is 5.87. The van der Waals surface area contributed by atoms with Gasteiger partial charge in [0.25, 0.3) is 5.91 Å². The van der Waals surface area contributed by atoms with Gasteiger partial charge >= 0.3 is 0 Å². The smallest absolute Gasteiger partial charge is 0.273 e. The zero-order chi connectivity index (χ0) is 15.5. The van der Waals surface area contributed by atoms with Crippen LogP contribution in [0.15, 0.2) is 34.9 Å². The molecule has 22 heavy (non-hydrogen) atoms. The van der Waals surface area contributed by atoms with Crippen molar-refractivity contribution in [3.8, 4) is 0 Å². The van der Waals surface area contributed by atoms with Gasteiger partial charge in [-0.15, -0.1) is 0 Å².